The number of nitrogens with zero attached hydrogens (tertiary/aromatic N) is 2. The van der Waals surface area contributed by atoms with Gasteiger partial charge < -0.3 is 5.32 Å². The highest BCUT2D eigenvalue weighted by Gasteiger charge is 2.10. The average molecular weight is 370 g/mol. The first kappa shape index (κ1) is 15.3. The second-order valence-electron chi connectivity index (χ2n) is 5.08. The summed E-state index contributed by atoms with van der Waals surface area (Å²) in [6, 6.07) is 17.8. The van der Waals surface area contributed by atoms with Gasteiger partial charge in [-0.2, -0.15) is 0 Å². The van der Waals surface area contributed by atoms with E-state index in [2.05, 4.69) is 27.8 Å². The van der Waals surface area contributed by atoms with Gasteiger partial charge in [0.25, 0.3) is 0 Å². The molecule has 6 heteroatoms. The number of aromatic nitrogens is 2. The van der Waals surface area contributed by atoms with Gasteiger partial charge in [-0.1, -0.05) is 48.0 Å². The molecule has 0 saturated heterocycles. The molecule has 0 radical (unpaired) electrons. The summed E-state index contributed by atoms with van der Waals surface area (Å²) in [6.45, 7) is 0. The molecule has 3 nitrogen and oxygen atoms in total. The van der Waals surface area contributed by atoms with Crippen molar-refractivity contribution in [2.24, 2.45) is 0 Å². The maximum absolute atomic E-state index is 6.01. The summed E-state index contributed by atoms with van der Waals surface area (Å²) in [7, 11) is 0. The number of thiazole rings is 2. The number of anilines is 2. The van der Waals surface area contributed by atoms with Gasteiger partial charge in [0.15, 0.2) is 5.13 Å². The topological polar surface area (TPSA) is 37.8 Å². The predicted molar refractivity (Wildman–Crippen MR) is 103 cm³/mol. The molecule has 0 spiro atoms. The summed E-state index contributed by atoms with van der Waals surface area (Å²) in [5.41, 5.74) is 3.91. The Labute approximate surface area is 152 Å². The molecule has 118 valence electrons. The van der Waals surface area contributed by atoms with Gasteiger partial charge in [-0.15, -0.1) is 22.7 Å². The van der Waals surface area contributed by atoms with E-state index in [0.717, 1.165) is 32.8 Å². The Bertz CT molecular complexity index is 963. The van der Waals surface area contributed by atoms with Crippen molar-refractivity contribution in [2.45, 2.75) is 0 Å². The van der Waals surface area contributed by atoms with Crippen LogP contribution in [0.2, 0.25) is 5.02 Å². The lowest BCUT2D eigenvalue weighted by Crippen LogP contribution is -1.89. The molecule has 0 aliphatic carbocycles. The van der Waals surface area contributed by atoms with Crippen LogP contribution in [-0.2, 0) is 0 Å². The maximum atomic E-state index is 6.01. The van der Waals surface area contributed by atoms with Crippen molar-refractivity contribution in [3.8, 4) is 22.0 Å². The summed E-state index contributed by atoms with van der Waals surface area (Å²) in [4.78, 5) is 9.32. The van der Waals surface area contributed by atoms with Gasteiger partial charge in [0.05, 0.1) is 5.69 Å². The van der Waals surface area contributed by atoms with Crippen LogP contribution in [0.15, 0.2) is 65.4 Å². The van der Waals surface area contributed by atoms with Crippen molar-refractivity contribution in [3.63, 3.8) is 0 Å². The molecule has 0 saturated carbocycles. The van der Waals surface area contributed by atoms with Crippen LogP contribution in [0.25, 0.3) is 22.0 Å². The highest BCUT2D eigenvalue weighted by atomic mass is 35.5. The lowest BCUT2D eigenvalue weighted by atomic mass is 10.2. The summed E-state index contributed by atoms with van der Waals surface area (Å²) >= 11 is 9.16. The van der Waals surface area contributed by atoms with Crippen molar-refractivity contribution in [2.75, 3.05) is 5.32 Å². The van der Waals surface area contributed by atoms with Crippen LogP contribution < -0.4 is 5.32 Å². The Morgan fingerprint density at radius 1 is 0.833 bits per heavy atom. The van der Waals surface area contributed by atoms with Crippen molar-refractivity contribution < 1.29 is 0 Å². The highest BCUT2D eigenvalue weighted by molar-refractivity contribution is 7.15. The highest BCUT2D eigenvalue weighted by Crippen LogP contribution is 2.32. The zero-order valence-corrected chi connectivity index (χ0v) is 14.8. The number of benzene rings is 2. The third-order valence-electron chi connectivity index (χ3n) is 3.37. The van der Waals surface area contributed by atoms with Crippen molar-refractivity contribution in [1.82, 2.24) is 9.97 Å². The van der Waals surface area contributed by atoms with Gasteiger partial charge in [-0.25, -0.2) is 9.97 Å². The van der Waals surface area contributed by atoms with E-state index in [1.54, 1.807) is 22.7 Å². The van der Waals surface area contributed by atoms with Gasteiger partial charge in [0.2, 0.25) is 0 Å². The van der Waals surface area contributed by atoms with Gasteiger partial charge in [-0.05, 0) is 18.2 Å². The molecule has 24 heavy (non-hydrogen) atoms. The van der Waals surface area contributed by atoms with E-state index in [1.807, 2.05) is 47.8 Å². The van der Waals surface area contributed by atoms with Crippen molar-refractivity contribution in [3.05, 3.63) is 70.4 Å². The zero-order chi connectivity index (χ0) is 16.4. The average Bonchev–Trinajstić information content (AvgIpc) is 3.25. The number of nitrogens with one attached hydrogen (secondary N) is 1. The fourth-order valence-electron chi connectivity index (χ4n) is 2.25. The first-order chi connectivity index (χ1) is 11.8. The van der Waals surface area contributed by atoms with Crippen LogP contribution in [-0.4, -0.2) is 9.97 Å². The summed E-state index contributed by atoms with van der Waals surface area (Å²) in [6.07, 6.45) is 0. The lowest BCUT2D eigenvalue weighted by molar-refractivity contribution is 1.33. The zero-order valence-electron chi connectivity index (χ0n) is 12.4. The smallest absolute Gasteiger partial charge is 0.187 e. The molecule has 0 amide bonds. The Morgan fingerprint density at radius 3 is 2.50 bits per heavy atom. The number of hydrogen-bond donors (Lipinski definition) is 1. The van der Waals surface area contributed by atoms with Crippen LogP contribution in [0.1, 0.15) is 0 Å². The monoisotopic (exact) mass is 369 g/mol. The van der Waals surface area contributed by atoms with E-state index < -0.39 is 0 Å². The summed E-state index contributed by atoms with van der Waals surface area (Å²) in [5.74, 6) is 0. The molecule has 0 bridgehead atoms. The molecular weight excluding hydrogens is 358 g/mol. The molecule has 0 aliphatic rings. The normalized spacial score (nSPS) is 10.7. The number of hydrogen-bond acceptors (Lipinski definition) is 5. The molecule has 4 rings (SSSR count). The predicted octanol–water partition coefficient (Wildman–Crippen LogP) is 6.33. The molecule has 2 aromatic heterocycles. The standard InChI is InChI=1S/C18H12ClN3S2/c19-13-7-4-8-14(9-13)20-18-22-16(11-24-18)17-21-15(10-23-17)12-5-2-1-3-6-12/h1-11H,(H,20,22). The van der Waals surface area contributed by atoms with E-state index in [0.29, 0.717) is 5.02 Å². The van der Waals surface area contributed by atoms with Gasteiger partial charge in [0, 0.05) is 27.0 Å². The van der Waals surface area contributed by atoms with Crippen LogP contribution in [0.4, 0.5) is 10.8 Å². The molecule has 0 unspecified atom stereocenters. The van der Waals surface area contributed by atoms with Crippen molar-refractivity contribution >= 4 is 45.1 Å². The molecule has 0 atom stereocenters. The third kappa shape index (κ3) is 3.33. The fraction of sp³-hybridized carbons (Fsp3) is 0. The summed E-state index contributed by atoms with van der Waals surface area (Å²) in [5, 5.41) is 9.79. The molecule has 4 aromatic rings. The maximum Gasteiger partial charge on any atom is 0.187 e. The first-order valence-corrected chi connectivity index (χ1v) is 9.41. The Hall–Kier alpha value is -2.21. The fourth-order valence-corrected chi connectivity index (χ4v) is 4.02. The van der Waals surface area contributed by atoms with Crippen LogP contribution in [0.5, 0.6) is 0 Å². The van der Waals surface area contributed by atoms with Crippen LogP contribution in [0, 0.1) is 0 Å². The quantitative estimate of drug-likeness (QED) is 0.456. The van der Waals surface area contributed by atoms with E-state index in [9.17, 15) is 0 Å². The summed E-state index contributed by atoms with van der Waals surface area (Å²) < 4.78 is 0. The number of rotatable bonds is 4. The van der Waals surface area contributed by atoms with Gasteiger partial charge >= 0.3 is 0 Å². The van der Waals surface area contributed by atoms with Crippen molar-refractivity contribution in [1.29, 1.82) is 0 Å². The van der Waals surface area contributed by atoms with E-state index in [4.69, 9.17) is 16.6 Å². The van der Waals surface area contributed by atoms with E-state index in [1.165, 1.54) is 0 Å². The van der Waals surface area contributed by atoms with Gasteiger partial charge in [-0.3, -0.25) is 0 Å². The Kier molecular flexibility index (Phi) is 4.30. The molecule has 0 aliphatic heterocycles. The Balaban J connectivity index is 1.56. The van der Waals surface area contributed by atoms with Crippen LogP contribution in [0.3, 0.4) is 0 Å². The molecule has 1 N–H and O–H groups in total. The minimum atomic E-state index is 0.698. The second kappa shape index (κ2) is 6.73. The Morgan fingerprint density at radius 2 is 1.67 bits per heavy atom. The largest absolute Gasteiger partial charge is 0.331 e. The minimum absolute atomic E-state index is 0.698. The minimum Gasteiger partial charge on any atom is -0.331 e. The third-order valence-corrected chi connectivity index (χ3v) is 5.23. The first-order valence-electron chi connectivity index (χ1n) is 7.27. The van der Waals surface area contributed by atoms with Gasteiger partial charge in [0.1, 0.15) is 10.7 Å². The van der Waals surface area contributed by atoms with E-state index in [-0.39, 0.29) is 0 Å². The molecule has 2 heterocycles. The molecular formula is C18H12ClN3S2. The number of halogens is 1. The lowest BCUT2D eigenvalue weighted by Gasteiger charge is -2.01. The molecule has 0 fully saturated rings. The SMILES string of the molecule is Clc1cccc(Nc2nc(-c3nc(-c4ccccc4)cs3)cs2)c1. The second-order valence-corrected chi connectivity index (χ2v) is 7.23. The molecule has 2 aromatic carbocycles. The van der Waals surface area contributed by atoms with Crippen LogP contribution >= 0.6 is 34.3 Å². The van der Waals surface area contributed by atoms with E-state index >= 15 is 0 Å².